The first kappa shape index (κ1) is 12.4. The lowest BCUT2D eigenvalue weighted by Gasteiger charge is -1.90. The van der Waals surface area contributed by atoms with E-state index in [1.165, 1.54) is 12.8 Å². The zero-order valence-corrected chi connectivity index (χ0v) is 6.39. The Morgan fingerprint density at radius 1 is 1.20 bits per heavy atom. The van der Waals surface area contributed by atoms with Crippen LogP contribution in [0, 0.1) is 5.92 Å². The van der Waals surface area contributed by atoms with Gasteiger partial charge in [-0.1, -0.05) is 34.1 Å². The maximum atomic E-state index is 10.0. The van der Waals surface area contributed by atoms with Gasteiger partial charge in [-0.3, -0.25) is 0 Å². The average Bonchev–Trinajstić information content (AvgIpc) is 2.43. The molecule has 0 saturated heterocycles. The van der Waals surface area contributed by atoms with Crippen LogP contribution in [-0.2, 0) is 4.79 Å². The van der Waals surface area contributed by atoms with Crippen molar-refractivity contribution in [3.05, 3.63) is 0 Å². The van der Waals surface area contributed by atoms with Crippen molar-refractivity contribution >= 4 is 6.29 Å². The molecular weight excluding hydrogens is 124 g/mol. The van der Waals surface area contributed by atoms with Gasteiger partial charge in [0, 0.05) is 5.92 Å². The quantitative estimate of drug-likeness (QED) is 0.517. The number of carbonyl (C=O) groups excluding carboxylic acids is 1. The summed E-state index contributed by atoms with van der Waals surface area (Å²) < 4.78 is 0. The van der Waals surface area contributed by atoms with E-state index in [0.717, 1.165) is 19.1 Å². The molecule has 0 atom stereocenters. The zero-order valence-electron chi connectivity index (χ0n) is 6.39. The normalized spacial score (nSPS) is 16.6. The van der Waals surface area contributed by atoms with Crippen molar-refractivity contribution in [2.45, 2.75) is 47.0 Å². The SMILES string of the molecule is C.CC.O=CC1CCCC1. The first-order chi connectivity index (χ1) is 4.43. The van der Waals surface area contributed by atoms with Gasteiger partial charge in [-0.25, -0.2) is 0 Å². The van der Waals surface area contributed by atoms with Crippen molar-refractivity contribution in [3.63, 3.8) is 0 Å². The van der Waals surface area contributed by atoms with E-state index in [0.29, 0.717) is 5.92 Å². The van der Waals surface area contributed by atoms with Gasteiger partial charge in [0.25, 0.3) is 0 Å². The van der Waals surface area contributed by atoms with E-state index >= 15 is 0 Å². The van der Waals surface area contributed by atoms with Gasteiger partial charge in [-0.2, -0.15) is 0 Å². The van der Waals surface area contributed by atoms with Crippen LogP contribution in [0.4, 0.5) is 0 Å². The third kappa shape index (κ3) is 4.54. The lowest BCUT2D eigenvalue weighted by atomic mass is 10.1. The molecule has 10 heavy (non-hydrogen) atoms. The number of rotatable bonds is 1. The average molecular weight is 144 g/mol. The minimum atomic E-state index is 0. The van der Waals surface area contributed by atoms with Crippen molar-refractivity contribution in [1.82, 2.24) is 0 Å². The van der Waals surface area contributed by atoms with Crippen LogP contribution in [0.1, 0.15) is 47.0 Å². The zero-order chi connectivity index (χ0) is 7.11. The van der Waals surface area contributed by atoms with Crippen molar-refractivity contribution in [2.75, 3.05) is 0 Å². The Bertz CT molecular complexity index is 63.1. The Kier molecular flexibility index (Phi) is 10.7. The molecule has 0 unspecified atom stereocenters. The predicted octanol–water partition coefficient (Wildman–Crippen LogP) is 3.04. The number of hydrogen-bond acceptors (Lipinski definition) is 1. The largest absolute Gasteiger partial charge is 0.303 e. The molecule has 0 bridgehead atoms. The summed E-state index contributed by atoms with van der Waals surface area (Å²) in [5.74, 6) is 0.417. The van der Waals surface area contributed by atoms with E-state index in [9.17, 15) is 4.79 Å². The molecule has 0 N–H and O–H groups in total. The van der Waals surface area contributed by atoms with Gasteiger partial charge in [0.15, 0.2) is 0 Å². The van der Waals surface area contributed by atoms with Crippen molar-refractivity contribution in [3.8, 4) is 0 Å². The van der Waals surface area contributed by atoms with Gasteiger partial charge >= 0.3 is 0 Å². The van der Waals surface area contributed by atoms with Crippen LogP contribution in [0.25, 0.3) is 0 Å². The van der Waals surface area contributed by atoms with Gasteiger partial charge in [0.1, 0.15) is 6.29 Å². The lowest BCUT2D eigenvalue weighted by molar-refractivity contribution is -0.110. The second-order valence-corrected chi connectivity index (χ2v) is 2.18. The molecule has 1 aliphatic carbocycles. The van der Waals surface area contributed by atoms with Crippen molar-refractivity contribution in [1.29, 1.82) is 0 Å². The summed E-state index contributed by atoms with van der Waals surface area (Å²) >= 11 is 0. The Morgan fingerprint density at radius 2 is 1.60 bits per heavy atom. The van der Waals surface area contributed by atoms with Crippen LogP contribution in [0.15, 0.2) is 0 Å². The molecule has 0 aromatic rings. The highest BCUT2D eigenvalue weighted by Crippen LogP contribution is 2.21. The van der Waals surface area contributed by atoms with Gasteiger partial charge in [-0.05, 0) is 12.8 Å². The fraction of sp³-hybridized carbons (Fsp3) is 0.889. The summed E-state index contributed by atoms with van der Waals surface area (Å²) in [4.78, 5) is 10.0. The summed E-state index contributed by atoms with van der Waals surface area (Å²) in [6, 6.07) is 0. The van der Waals surface area contributed by atoms with Gasteiger partial charge < -0.3 is 4.79 Å². The predicted molar refractivity (Wildman–Crippen MR) is 46.1 cm³/mol. The molecule has 0 spiro atoms. The van der Waals surface area contributed by atoms with Crippen LogP contribution in [0.5, 0.6) is 0 Å². The van der Waals surface area contributed by atoms with Crippen molar-refractivity contribution < 1.29 is 4.79 Å². The van der Waals surface area contributed by atoms with E-state index in [4.69, 9.17) is 0 Å². The summed E-state index contributed by atoms with van der Waals surface area (Å²) in [5, 5.41) is 0. The molecule has 1 rings (SSSR count). The van der Waals surface area contributed by atoms with Crippen molar-refractivity contribution in [2.24, 2.45) is 5.92 Å². The monoisotopic (exact) mass is 144 g/mol. The van der Waals surface area contributed by atoms with E-state index in [2.05, 4.69) is 0 Å². The molecule has 0 amide bonds. The summed E-state index contributed by atoms with van der Waals surface area (Å²) in [6.45, 7) is 4.00. The second kappa shape index (κ2) is 8.67. The first-order valence-corrected chi connectivity index (χ1v) is 3.89. The molecule has 1 fully saturated rings. The van der Waals surface area contributed by atoms with E-state index in [1.807, 2.05) is 13.8 Å². The molecule has 0 aromatic carbocycles. The van der Waals surface area contributed by atoms with Gasteiger partial charge in [0.05, 0.1) is 0 Å². The van der Waals surface area contributed by atoms with Crippen LogP contribution in [0.3, 0.4) is 0 Å². The summed E-state index contributed by atoms with van der Waals surface area (Å²) in [6.07, 6.45) is 5.91. The molecule has 0 heterocycles. The number of aldehydes is 1. The molecular formula is C9H20O. The number of hydrogen-bond donors (Lipinski definition) is 0. The molecule has 0 radical (unpaired) electrons. The molecule has 0 aliphatic heterocycles. The highest BCUT2D eigenvalue weighted by Gasteiger charge is 2.12. The standard InChI is InChI=1S/C6H10O.C2H6.CH4/c7-5-6-3-1-2-4-6;1-2;/h5-6H,1-4H2;1-2H3;1H4. The number of carbonyl (C=O) groups is 1. The second-order valence-electron chi connectivity index (χ2n) is 2.18. The fourth-order valence-electron chi connectivity index (χ4n) is 1.09. The minimum absolute atomic E-state index is 0. The van der Waals surface area contributed by atoms with Crippen LogP contribution in [-0.4, -0.2) is 6.29 Å². The Balaban J connectivity index is 0. The van der Waals surface area contributed by atoms with E-state index in [1.54, 1.807) is 0 Å². The van der Waals surface area contributed by atoms with E-state index in [-0.39, 0.29) is 7.43 Å². The van der Waals surface area contributed by atoms with Gasteiger partial charge in [0.2, 0.25) is 0 Å². The maximum absolute atomic E-state index is 10.0. The van der Waals surface area contributed by atoms with E-state index < -0.39 is 0 Å². The van der Waals surface area contributed by atoms with Crippen LogP contribution >= 0.6 is 0 Å². The smallest absolute Gasteiger partial charge is 0.123 e. The molecule has 0 aromatic heterocycles. The highest BCUT2D eigenvalue weighted by atomic mass is 16.1. The maximum Gasteiger partial charge on any atom is 0.123 e. The van der Waals surface area contributed by atoms with Crippen LogP contribution < -0.4 is 0 Å². The molecule has 1 heteroatoms. The topological polar surface area (TPSA) is 17.1 Å². The molecule has 1 saturated carbocycles. The lowest BCUT2D eigenvalue weighted by Crippen LogP contribution is -1.91. The third-order valence-electron chi connectivity index (χ3n) is 1.59. The highest BCUT2D eigenvalue weighted by molar-refractivity contribution is 5.53. The van der Waals surface area contributed by atoms with Crippen LogP contribution in [0.2, 0.25) is 0 Å². The summed E-state index contributed by atoms with van der Waals surface area (Å²) in [7, 11) is 0. The molecule has 1 nitrogen and oxygen atoms in total. The first-order valence-electron chi connectivity index (χ1n) is 3.89. The Hall–Kier alpha value is -0.330. The third-order valence-corrected chi connectivity index (χ3v) is 1.59. The molecule has 1 aliphatic rings. The Labute approximate surface area is 64.8 Å². The van der Waals surface area contributed by atoms with Gasteiger partial charge in [-0.15, -0.1) is 0 Å². The Morgan fingerprint density at radius 3 is 1.80 bits per heavy atom. The minimum Gasteiger partial charge on any atom is -0.303 e. The fourth-order valence-corrected chi connectivity index (χ4v) is 1.09. The summed E-state index contributed by atoms with van der Waals surface area (Å²) in [5.41, 5.74) is 0. The molecule has 62 valence electrons.